The second-order valence-corrected chi connectivity index (χ2v) is 10.2. The molecule has 0 saturated carbocycles. The van der Waals surface area contributed by atoms with Crippen LogP contribution in [-0.2, 0) is 19.6 Å². The number of amides is 4. The van der Waals surface area contributed by atoms with Crippen molar-refractivity contribution in [3.63, 3.8) is 0 Å². The number of halogens is 2. The van der Waals surface area contributed by atoms with Crippen LogP contribution >= 0.6 is 23.2 Å². The fourth-order valence-electron chi connectivity index (χ4n) is 3.23. The molecule has 14 heteroatoms. The highest BCUT2D eigenvalue weighted by molar-refractivity contribution is 7.89. The van der Waals surface area contributed by atoms with E-state index in [-0.39, 0.29) is 29.5 Å². The molecule has 0 fully saturated rings. The number of hydrogen-bond donors (Lipinski definition) is 2. The van der Waals surface area contributed by atoms with Crippen LogP contribution in [0.25, 0.3) is 0 Å². The number of sulfonamides is 1. The molecular formula is C21H20Cl2N4O7S. The first kappa shape index (κ1) is 26.6. The van der Waals surface area contributed by atoms with Gasteiger partial charge >= 0.3 is 6.03 Å². The number of carbonyl (C=O) groups is 3. The van der Waals surface area contributed by atoms with E-state index in [2.05, 4.69) is 4.99 Å². The molecule has 1 unspecified atom stereocenters. The van der Waals surface area contributed by atoms with Crippen LogP contribution in [-0.4, -0.2) is 65.5 Å². The average molecular weight is 543 g/mol. The zero-order chi connectivity index (χ0) is 25.8. The molecule has 11 nitrogen and oxygen atoms in total. The number of ether oxygens (including phenoxy) is 1. The van der Waals surface area contributed by atoms with Crippen molar-refractivity contribution in [2.75, 3.05) is 13.6 Å². The Morgan fingerprint density at radius 3 is 2.49 bits per heavy atom. The molecule has 1 aliphatic heterocycles. The fourth-order valence-corrected chi connectivity index (χ4v) is 4.95. The molecule has 186 valence electrons. The van der Waals surface area contributed by atoms with Gasteiger partial charge in [-0.25, -0.2) is 18.7 Å². The molecule has 4 amide bonds. The maximum atomic E-state index is 13.2. The molecule has 3 rings (SSSR count). The van der Waals surface area contributed by atoms with E-state index in [0.717, 1.165) is 16.3 Å². The highest BCUT2D eigenvalue weighted by atomic mass is 35.5. The number of carbonyl (C=O) groups excluding carboxylic acids is 3. The summed E-state index contributed by atoms with van der Waals surface area (Å²) in [6.45, 7) is -0.324. The van der Waals surface area contributed by atoms with Crippen LogP contribution < -0.4 is 10.2 Å². The van der Waals surface area contributed by atoms with Crippen LogP contribution in [0.3, 0.4) is 0 Å². The number of likely N-dealkylation sites (N-methyl/N-ethyl adjacent to an activating group) is 1. The van der Waals surface area contributed by atoms with Crippen molar-refractivity contribution in [3.8, 4) is 11.5 Å². The van der Waals surface area contributed by atoms with E-state index < -0.39 is 33.9 Å². The third-order valence-corrected chi connectivity index (χ3v) is 7.39. The Morgan fingerprint density at radius 1 is 1.20 bits per heavy atom. The summed E-state index contributed by atoms with van der Waals surface area (Å²) in [5.74, 6) is -0.883. The van der Waals surface area contributed by atoms with Gasteiger partial charge in [0.25, 0.3) is 5.91 Å². The van der Waals surface area contributed by atoms with Crippen LogP contribution in [0, 0.1) is 0 Å². The largest absolute Gasteiger partial charge is 0.457 e. The summed E-state index contributed by atoms with van der Waals surface area (Å²) < 4.78 is 32.7. The van der Waals surface area contributed by atoms with E-state index in [1.54, 1.807) is 24.3 Å². The van der Waals surface area contributed by atoms with E-state index >= 15 is 0 Å². The number of nitrogens with zero attached hydrogens (tertiary/aromatic N) is 3. The minimum Gasteiger partial charge on any atom is -0.457 e. The monoisotopic (exact) mass is 542 g/mol. The van der Waals surface area contributed by atoms with Crippen molar-refractivity contribution in [2.45, 2.75) is 23.8 Å². The minimum atomic E-state index is -4.23. The average Bonchev–Trinajstić information content (AvgIpc) is 2.80. The molecule has 0 radical (unpaired) electrons. The number of imide groups is 1. The van der Waals surface area contributed by atoms with E-state index in [0.29, 0.717) is 16.5 Å². The van der Waals surface area contributed by atoms with Crippen LogP contribution in [0.5, 0.6) is 11.5 Å². The van der Waals surface area contributed by atoms with Crippen LogP contribution in [0.1, 0.15) is 12.8 Å². The Balaban J connectivity index is 1.76. The Morgan fingerprint density at radius 2 is 1.89 bits per heavy atom. The summed E-state index contributed by atoms with van der Waals surface area (Å²) >= 11 is 11.6. The Hall–Kier alpha value is -3.03. The zero-order valence-electron chi connectivity index (χ0n) is 18.2. The molecule has 1 heterocycles. The first-order chi connectivity index (χ1) is 16.5. The maximum Gasteiger partial charge on any atom is 0.351 e. The van der Waals surface area contributed by atoms with Gasteiger partial charge in [0.05, 0.1) is 11.3 Å². The minimum absolute atomic E-state index is 0.157. The summed E-state index contributed by atoms with van der Waals surface area (Å²) in [7, 11) is -3.09. The summed E-state index contributed by atoms with van der Waals surface area (Å²) in [5.41, 5.74) is 1.41. The summed E-state index contributed by atoms with van der Waals surface area (Å²) in [6.07, 6.45) is -0.593. The van der Waals surface area contributed by atoms with Gasteiger partial charge in [-0.3, -0.25) is 19.7 Å². The maximum absolute atomic E-state index is 13.2. The van der Waals surface area contributed by atoms with E-state index in [4.69, 9.17) is 33.1 Å². The smallest absolute Gasteiger partial charge is 0.351 e. The van der Waals surface area contributed by atoms with Gasteiger partial charge in [-0.15, -0.1) is 0 Å². The van der Waals surface area contributed by atoms with Crippen molar-refractivity contribution in [3.05, 3.63) is 53.6 Å². The summed E-state index contributed by atoms with van der Waals surface area (Å²) in [6, 6.07) is 9.70. The molecule has 2 aromatic carbocycles. The van der Waals surface area contributed by atoms with Crippen molar-refractivity contribution < 1.29 is 32.7 Å². The molecule has 0 spiro atoms. The molecule has 35 heavy (non-hydrogen) atoms. The molecular weight excluding hydrogens is 523 g/mol. The van der Waals surface area contributed by atoms with Gasteiger partial charge in [0.2, 0.25) is 15.9 Å². The molecule has 0 aromatic heterocycles. The highest BCUT2D eigenvalue weighted by Crippen LogP contribution is 2.27. The van der Waals surface area contributed by atoms with Crippen molar-refractivity contribution in [1.29, 1.82) is 0 Å². The SMILES string of the molecule is CN(C(CCN1C(=O)CC(Cl)=NC1=O)C(=O)NO)S(=O)(=O)c1ccc(Oc2cccc(Cl)c2)cc1. The second-order valence-electron chi connectivity index (χ2n) is 7.33. The van der Waals surface area contributed by atoms with Gasteiger partial charge in [-0.05, 0) is 48.9 Å². The second kappa shape index (κ2) is 11.1. The number of nitrogens with one attached hydrogen (secondary N) is 1. The number of hydrogen-bond acceptors (Lipinski definition) is 7. The lowest BCUT2D eigenvalue weighted by atomic mass is 10.2. The number of hydroxylamine groups is 1. The number of aliphatic imine (C=N–C) groups is 1. The predicted octanol–water partition coefficient (Wildman–Crippen LogP) is 3.01. The first-order valence-corrected chi connectivity index (χ1v) is 12.3. The number of benzene rings is 2. The van der Waals surface area contributed by atoms with Crippen molar-refractivity contribution in [2.24, 2.45) is 4.99 Å². The van der Waals surface area contributed by atoms with Gasteiger partial charge in [-0.2, -0.15) is 9.30 Å². The molecule has 0 bridgehead atoms. The molecule has 2 N–H and O–H groups in total. The number of rotatable bonds is 9. The fraction of sp³-hybridized carbons (Fsp3) is 0.238. The van der Waals surface area contributed by atoms with Gasteiger partial charge < -0.3 is 4.74 Å². The Kier molecular flexibility index (Phi) is 8.46. The Bertz CT molecular complexity index is 1270. The van der Waals surface area contributed by atoms with E-state index in [9.17, 15) is 22.8 Å². The first-order valence-electron chi connectivity index (χ1n) is 10.1. The lowest BCUT2D eigenvalue weighted by Gasteiger charge is -2.28. The van der Waals surface area contributed by atoms with Crippen LogP contribution in [0.4, 0.5) is 4.79 Å². The van der Waals surface area contributed by atoms with Gasteiger partial charge in [0, 0.05) is 18.6 Å². The normalized spacial score (nSPS) is 15.1. The van der Waals surface area contributed by atoms with Gasteiger partial charge in [0.1, 0.15) is 22.7 Å². The lowest BCUT2D eigenvalue weighted by molar-refractivity contribution is -0.134. The standard InChI is InChI=1S/C21H20Cl2N4O7S/c1-26(17(20(29)25-31)9-10-27-19(28)12-18(23)24-21(27)30)35(32,33)16-7-5-14(6-8-16)34-15-4-2-3-13(22)11-15/h2-8,11,17,31H,9-10,12H2,1H3,(H,25,29). The third kappa shape index (κ3) is 6.35. The van der Waals surface area contributed by atoms with Gasteiger partial charge in [0.15, 0.2) is 0 Å². The quantitative estimate of drug-likeness (QED) is 0.365. The molecule has 0 aliphatic carbocycles. The van der Waals surface area contributed by atoms with Crippen molar-refractivity contribution in [1.82, 2.24) is 14.7 Å². The van der Waals surface area contributed by atoms with E-state index in [1.807, 2.05) is 0 Å². The zero-order valence-corrected chi connectivity index (χ0v) is 20.5. The summed E-state index contributed by atoms with van der Waals surface area (Å²) in [5, 5.41) is 9.44. The van der Waals surface area contributed by atoms with Gasteiger partial charge in [-0.1, -0.05) is 29.3 Å². The molecule has 0 saturated heterocycles. The molecule has 2 aromatic rings. The lowest BCUT2D eigenvalue weighted by Crippen LogP contribution is -2.49. The molecule has 1 aliphatic rings. The van der Waals surface area contributed by atoms with Crippen LogP contribution in [0.2, 0.25) is 5.02 Å². The Labute approximate surface area is 210 Å². The summed E-state index contributed by atoms with van der Waals surface area (Å²) in [4.78, 5) is 40.4. The molecule has 1 atom stereocenters. The topological polar surface area (TPSA) is 146 Å². The van der Waals surface area contributed by atoms with Crippen LogP contribution in [0.15, 0.2) is 58.4 Å². The number of urea groups is 1. The predicted molar refractivity (Wildman–Crippen MR) is 126 cm³/mol. The van der Waals surface area contributed by atoms with E-state index in [1.165, 1.54) is 29.7 Å². The highest BCUT2D eigenvalue weighted by Gasteiger charge is 2.35. The third-order valence-electron chi connectivity index (χ3n) is 5.06. The van der Waals surface area contributed by atoms with Crippen molar-refractivity contribution >= 4 is 56.2 Å².